The maximum absolute atomic E-state index is 12.4. The number of benzene rings is 2. The summed E-state index contributed by atoms with van der Waals surface area (Å²) in [6, 6.07) is 14.2. The van der Waals surface area contributed by atoms with Gasteiger partial charge in [-0.25, -0.2) is 4.79 Å². The molecule has 0 aliphatic rings. The van der Waals surface area contributed by atoms with Gasteiger partial charge in [-0.15, -0.1) is 0 Å². The number of amides is 1. The van der Waals surface area contributed by atoms with Crippen molar-refractivity contribution in [1.29, 1.82) is 0 Å². The molecule has 2 N–H and O–H groups in total. The van der Waals surface area contributed by atoms with Crippen molar-refractivity contribution in [2.75, 3.05) is 19.5 Å². The molecule has 1 atom stereocenters. The molecular formula is C20H20N2O5. The number of ether oxygens (including phenoxy) is 3. The zero-order valence-corrected chi connectivity index (χ0v) is 15.2. The molecule has 1 aromatic heterocycles. The molecular weight excluding hydrogens is 348 g/mol. The quantitative estimate of drug-likeness (QED) is 0.651. The zero-order chi connectivity index (χ0) is 19.4. The smallest absolute Gasteiger partial charge is 0.355 e. The minimum Gasteiger partial charge on any atom is -0.497 e. The summed E-state index contributed by atoms with van der Waals surface area (Å²) in [4.78, 5) is 27.7. The number of carbonyl (C=O) groups excluding carboxylic acids is 2. The summed E-state index contributed by atoms with van der Waals surface area (Å²) in [7, 11) is 3.02. The van der Waals surface area contributed by atoms with Crippen molar-refractivity contribution in [1.82, 2.24) is 4.98 Å². The summed E-state index contributed by atoms with van der Waals surface area (Å²) < 4.78 is 15.7. The van der Waals surface area contributed by atoms with E-state index >= 15 is 0 Å². The lowest BCUT2D eigenvalue weighted by Crippen LogP contribution is -2.30. The highest BCUT2D eigenvalue weighted by molar-refractivity contribution is 5.99. The van der Waals surface area contributed by atoms with Gasteiger partial charge in [-0.2, -0.15) is 0 Å². The largest absolute Gasteiger partial charge is 0.497 e. The van der Waals surface area contributed by atoms with Crippen molar-refractivity contribution < 1.29 is 23.8 Å². The van der Waals surface area contributed by atoms with Crippen molar-refractivity contribution in [2.45, 2.75) is 13.0 Å². The first-order chi connectivity index (χ1) is 13.0. The average Bonchev–Trinajstić information content (AvgIpc) is 3.12. The number of para-hydroxylation sites is 1. The molecule has 7 heteroatoms. The van der Waals surface area contributed by atoms with Gasteiger partial charge in [-0.3, -0.25) is 4.79 Å². The van der Waals surface area contributed by atoms with Crippen LogP contribution in [0.5, 0.6) is 11.5 Å². The Kier molecular flexibility index (Phi) is 5.30. The molecule has 0 aliphatic carbocycles. The van der Waals surface area contributed by atoms with E-state index in [1.54, 1.807) is 24.3 Å². The molecule has 2 aromatic carbocycles. The Morgan fingerprint density at radius 2 is 1.81 bits per heavy atom. The number of methoxy groups -OCH3 is 2. The third-order valence-corrected chi connectivity index (χ3v) is 4.07. The van der Waals surface area contributed by atoms with Crippen LogP contribution in [-0.2, 0) is 9.53 Å². The Balaban J connectivity index is 1.69. The fourth-order valence-corrected chi connectivity index (χ4v) is 2.61. The highest BCUT2D eigenvalue weighted by Crippen LogP contribution is 2.29. The number of esters is 1. The minimum atomic E-state index is -1.00. The summed E-state index contributed by atoms with van der Waals surface area (Å²) in [5, 5.41) is 3.58. The fourth-order valence-electron chi connectivity index (χ4n) is 2.61. The second-order valence-corrected chi connectivity index (χ2v) is 5.87. The highest BCUT2D eigenvalue weighted by atomic mass is 16.5. The fraction of sp³-hybridized carbons (Fsp3) is 0.200. The number of fused-ring (bicyclic) bond motifs is 1. The van der Waals surface area contributed by atoms with Crippen LogP contribution in [-0.4, -0.2) is 37.2 Å². The van der Waals surface area contributed by atoms with Crippen molar-refractivity contribution >= 4 is 28.5 Å². The molecule has 1 amide bonds. The molecule has 3 rings (SSSR count). The Hall–Kier alpha value is -3.48. The lowest BCUT2D eigenvalue weighted by molar-refractivity contribution is -0.123. The van der Waals surface area contributed by atoms with Gasteiger partial charge in [-0.1, -0.05) is 18.2 Å². The van der Waals surface area contributed by atoms with Gasteiger partial charge in [0.2, 0.25) is 0 Å². The normalized spacial score (nSPS) is 11.7. The van der Waals surface area contributed by atoms with Crippen molar-refractivity contribution in [3.63, 3.8) is 0 Å². The van der Waals surface area contributed by atoms with Crippen LogP contribution in [0.15, 0.2) is 48.5 Å². The summed E-state index contributed by atoms with van der Waals surface area (Å²) in [5.74, 6) is -0.0513. The molecule has 140 valence electrons. The van der Waals surface area contributed by atoms with Gasteiger partial charge >= 0.3 is 5.97 Å². The first kappa shape index (κ1) is 18.3. The third kappa shape index (κ3) is 4.03. The van der Waals surface area contributed by atoms with Crippen LogP contribution in [0.1, 0.15) is 17.4 Å². The number of carbonyl (C=O) groups is 2. The lowest BCUT2D eigenvalue weighted by Gasteiger charge is -2.15. The second-order valence-electron chi connectivity index (χ2n) is 5.87. The van der Waals surface area contributed by atoms with Gasteiger partial charge in [0.15, 0.2) is 6.10 Å². The summed E-state index contributed by atoms with van der Waals surface area (Å²) in [6.07, 6.45) is -1.00. The number of nitrogens with one attached hydrogen (secondary N) is 2. The SMILES string of the molecule is COc1ccc(OC)c(NC(=O)[C@@H](C)OC(=O)c2cc3ccccc3[nH]2)c1. The van der Waals surface area contributed by atoms with Gasteiger partial charge in [0.05, 0.1) is 19.9 Å². The number of hydrogen-bond acceptors (Lipinski definition) is 5. The molecule has 0 saturated carbocycles. The molecule has 0 unspecified atom stereocenters. The number of H-pyrrole nitrogens is 1. The maximum atomic E-state index is 12.4. The van der Waals surface area contributed by atoms with Crippen LogP contribution in [0.2, 0.25) is 0 Å². The molecule has 27 heavy (non-hydrogen) atoms. The van der Waals surface area contributed by atoms with E-state index in [4.69, 9.17) is 14.2 Å². The van der Waals surface area contributed by atoms with E-state index in [1.807, 2.05) is 24.3 Å². The monoisotopic (exact) mass is 368 g/mol. The summed E-state index contributed by atoms with van der Waals surface area (Å²) in [5.41, 5.74) is 1.54. The van der Waals surface area contributed by atoms with Crippen LogP contribution in [0.25, 0.3) is 10.9 Å². The van der Waals surface area contributed by atoms with Crippen molar-refractivity contribution in [3.05, 3.63) is 54.2 Å². The maximum Gasteiger partial charge on any atom is 0.355 e. The van der Waals surface area contributed by atoms with Crippen LogP contribution in [0, 0.1) is 0 Å². The minimum absolute atomic E-state index is 0.287. The van der Waals surface area contributed by atoms with E-state index < -0.39 is 18.0 Å². The highest BCUT2D eigenvalue weighted by Gasteiger charge is 2.21. The van der Waals surface area contributed by atoms with Gasteiger partial charge < -0.3 is 24.5 Å². The number of anilines is 1. The van der Waals surface area contributed by atoms with Gasteiger partial charge in [0, 0.05) is 17.0 Å². The Labute approximate surface area is 156 Å². The molecule has 0 aliphatic heterocycles. The van der Waals surface area contributed by atoms with E-state index in [9.17, 15) is 9.59 Å². The molecule has 0 bridgehead atoms. The van der Waals surface area contributed by atoms with Crippen molar-refractivity contribution in [2.24, 2.45) is 0 Å². The predicted molar refractivity (Wildman–Crippen MR) is 101 cm³/mol. The first-order valence-corrected chi connectivity index (χ1v) is 8.33. The Bertz CT molecular complexity index is 946. The molecule has 0 spiro atoms. The van der Waals surface area contributed by atoms with Crippen LogP contribution in [0.3, 0.4) is 0 Å². The predicted octanol–water partition coefficient (Wildman–Crippen LogP) is 3.37. The molecule has 0 radical (unpaired) electrons. The Morgan fingerprint density at radius 3 is 2.52 bits per heavy atom. The molecule has 0 saturated heterocycles. The van der Waals surface area contributed by atoms with Gasteiger partial charge in [0.25, 0.3) is 5.91 Å². The van der Waals surface area contributed by atoms with E-state index in [0.717, 1.165) is 10.9 Å². The van der Waals surface area contributed by atoms with E-state index in [2.05, 4.69) is 10.3 Å². The lowest BCUT2D eigenvalue weighted by atomic mass is 10.2. The van der Waals surface area contributed by atoms with Gasteiger partial charge in [-0.05, 0) is 31.2 Å². The van der Waals surface area contributed by atoms with E-state index in [0.29, 0.717) is 17.2 Å². The molecule has 3 aromatic rings. The second kappa shape index (κ2) is 7.82. The first-order valence-electron chi connectivity index (χ1n) is 8.33. The number of hydrogen-bond donors (Lipinski definition) is 2. The van der Waals surface area contributed by atoms with Crippen LogP contribution >= 0.6 is 0 Å². The average molecular weight is 368 g/mol. The van der Waals surface area contributed by atoms with Crippen molar-refractivity contribution in [3.8, 4) is 11.5 Å². The topological polar surface area (TPSA) is 89.7 Å². The van der Waals surface area contributed by atoms with E-state index in [-0.39, 0.29) is 5.69 Å². The van der Waals surface area contributed by atoms with E-state index in [1.165, 1.54) is 21.1 Å². The molecule has 0 fully saturated rings. The number of aromatic amines is 1. The third-order valence-electron chi connectivity index (χ3n) is 4.07. The summed E-state index contributed by atoms with van der Waals surface area (Å²) >= 11 is 0. The van der Waals surface area contributed by atoms with Crippen LogP contribution in [0.4, 0.5) is 5.69 Å². The Morgan fingerprint density at radius 1 is 1.04 bits per heavy atom. The number of rotatable bonds is 6. The molecule has 7 nitrogen and oxygen atoms in total. The summed E-state index contributed by atoms with van der Waals surface area (Å²) in [6.45, 7) is 1.50. The van der Waals surface area contributed by atoms with Crippen LogP contribution < -0.4 is 14.8 Å². The zero-order valence-electron chi connectivity index (χ0n) is 15.2. The van der Waals surface area contributed by atoms with Gasteiger partial charge in [0.1, 0.15) is 17.2 Å². The number of aromatic nitrogens is 1. The standard InChI is InChI=1S/C20H20N2O5/c1-12(19(23)22-16-11-14(25-2)8-9-18(16)26-3)27-20(24)17-10-13-6-4-5-7-15(13)21-17/h4-12,21H,1-3H3,(H,22,23)/t12-/m1/s1. The molecule has 1 heterocycles.